The van der Waals surface area contributed by atoms with E-state index in [-0.39, 0.29) is 38.3 Å². The molecule has 0 amide bonds. The van der Waals surface area contributed by atoms with E-state index in [1.807, 2.05) is 0 Å². The molecule has 0 spiro atoms. The monoisotopic (exact) mass is 195 g/mol. The zero-order valence-corrected chi connectivity index (χ0v) is 7.92. The minimum Gasteiger partial charge on any atom is -1.00 e. The number of carboxylic acids is 2. The van der Waals surface area contributed by atoms with Crippen LogP contribution in [0, 0.1) is 0 Å². The van der Waals surface area contributed by atoms with Crippen molar-refractivity contribution in [2.75, 3.05) is 0 Å². The number of halogens is 1. The van der Waals surface area contributed by atoms with Crippen molar-refractivity contribution < 1.29 is 22.7 Å². The predicted molar refractivity (Wildman–Crippen MR) is 43.1 cm³/mol. The van der Waals surface area contributed by atoms with Gasteiger partial charge in [0.1, 0.15) is 6.04 Å². The number of carboxylic acid groups (broad SMARTS) is 2. The molecule has 0 aromatic heterocycles. The minimum atomic E-state index is -1.29. The molecule has 0 radical (unpaired) electrons. The molecule has 0 fully saturated rings. The largest absolute Gasteiger partial charge is 2.00 e. The first-order valence-electron chi connectivity index (χ1n) is 2.24. The normalized spacial score (nSPS) is 10.3. The molecule has 0 rings (SSSR count). The molecule has 4 N–H and O–H groups in total. The van der Waals surface area contributed by atoms with Crippen LogP contribution in [-0.4, -0.2) is 51.2 Å². The average molecular weight is 196 g/mol. The Labute approximate surface area is 88.5 Å². The topological polar surface area (TPSA) is 101 Å². The number of hydrogen-bond donors (Lipinski definition) is 3. The van der Waals surface area contributed by atoms with E-state index in [1.165, 1.54) is 0 Å². The Morgan fingerprint density at radius 1 is 1.45 bits per heavy atom. The van der Waals surface area contributed by atoms with Crippen LogP contribution in [0.25, 0.3) is 0 Å². The molecule has 7 heteroatoms. The van der Waals surface area contributed by atoms with Gasteiger partial charge in [-0.05, 0) is 0 Å². The zero-order chi connectivity index (χ0) is 7.44. The average Bonchev–Trinajstić information content (AvgIpc) is 1.63. The second-order valence-electron chi connectivity index (χ2n) is 1.54. The van der Waals surface area contributed by atoms with Gasteiger partial charge in [-0.25, -0.2) is 0 Å². The van der Waals surface area contributed by atoms with Gasteiger partial charge >= 0.3 is 35.0 Å². The van der Waals surface area contributed by atoms with Crippen LogP contribution < -0.4 is 5.73 Å². The second-order valence-corrected chi connectivity index (χ2v) is 1.54. The van der Waals surface area contributed by atoms with Gasteiger partial charge in [-0.15, -0.1) is 12.4 Å². The summed E-state index contributed by atoms with van der Waals surface area (Å²) >= 11 is 0. The maximum atomic E-state index is 9.85. The van der Waals surface area contributed by atoms with Crippen LogP contribution in [-0.2, 0) is 9.59 Å². The molecular formula is C4H10ClMgNO4. The smallest absolute Gasteiger partial charge is 1.00 e. The van der Waals surface area contributed by atoms with E-state index in [1.54, 1.807) is 0 Å². The fraction of sp³-hybridized carbons (Fsp3) is 0.500. The number of carbonyl (C=O) groups is 2. The van der Waals surface area contributed by atoms with Crippen LogP contribution in [0.3, 0.4) is 0 Å². The van der Waals surface area contributed by atoms with Crippen LogP contribution >= 0.6 is 12.4 Å². The van der Waals surface area contributed by atoms with Gasteiger partial charge in [-0.2, -0.15) is 0 Å². The summed E-state index contributed by atoms with van der Waals surface area (Å²) in [4.78, 5) is 19.6. The summed E-state index contributed by atoms with van der Waals surface area (Å²) in [6.45, 7) is 0. The molecule has 0 aliphatic carbocycles. The van der Waals surface area contributed by atoms with Crippen LogP contribution in [0.2, 0.25) is 0 Å². The summed E-state index contributed by atoms with van der Waals surface area (Å²) in [7, 11) is 0. The molecule has 0 unspecified atom stereocenters. The van der Waals surface area contributed by atoms with E-state index in [2.05, 4.69) is 0 Å². The first kappa shape index (κ1) is 17.2. The molecule has 0 saturated carbocycles. The summed E-state index contributed by atoms with van der Waals surface area (Å²) in [6.07, 6.45) is -0.532. The standard InChI is InChI=1S/C4H7NO4.ClH.Mg.2H/c5-2(4(8)9)1-3(6)7;;;;/h2H,1,5H2,(H,6,7)(H,8,9);1H;;;/q;;+2;2*-1/t2-;;;;/m0..../s1. The Morgan fingerprint density at radius 2 is 1.82 bits per heavy atom. The molecule has 0 aromatic carbocycles. The van der Waals surface area contributed by atoms with E-state index >= 15 is 0 Å². The molecule has 1 atom stereocenters. The Hall–Kier alpha value is -0.0438. The van der Waals surface area contributed by atoms with Crippen molar-refractivity contribution >= 4 is 47.4 Å². The third-order valence-electron chi connectivity index (χ3n) is 0.712. The second kappa shape index (κ2) is 8.06. The summed E-state index contributed by atoms with van der Waals surface area (Å²) in [5.74, 6) is -2.50. The van der Waals surface area contributed by atoms with Gasteiger partial charge in [0, 0.05) is 0 Å². The van der Waals surface area contributed by atoms with Crippen molar-refractivity contribution in [2.45, 2.75) is 12.5 Å². The SMILES string of the molecule is Cl.N[C@@H](CC(=O)O)C(=O)O.[H-].[H-].[Mg+2]. The Bertz CT molecular complexity index is 150. The number of nitrogens with two attached hydrogens (primary N) is 1. The Balaban J connectivity index is -0.0000000533. The van der Waals surface area contributed by atoms with Gasteiger partial charge in [0.05, 0.1) is 6.42 Å². The molecule has 0 saturated heterocycles. The summed E-state index contributed by atoms with van der Waals surface area (Å²) in [5.41, 5.74) is 4.84. The molecule has 0 heterocycles. The Morgan fingerprint density at radius 3 is 1.91 bits per heavy atom. The van der Waals surface area contributed by atoms with Gasteiger partial charge in [0.15, 0.2) is 0 Å². The summed E-state index contributed by atoms with van der Waals surface area (Å²) in [5, 5.41) is 16.0. The summed E-state index contributed by atoms with van der Waals surface area (Å²) in [6, 6.07) is -1.29. The molecule has 0 aliphatic rings. The van der Waals surface area contributed by atoms with Crippen LogP contribution in [0.1, 0.15) is 9.27 Å². The first-order valence-corrected chi connectivity index (χ1v) is 2.24. The number of hydrogen-bond acceptors (Lipinski definition) is 3. The quantitative estimate of drug-likeness (QED) is 0.509. The van der Waals surface area contributed by atoms with Crippen molar-refractivity contribution in [3.05, 3.63) is 0 Å². The van der Waals surface area contributed by atoms with E-state index < -0.39 is 24.4 Å². The van der Waals surface area contributed by atoms with Gasteiger partial charge < -0.3 is 18.8 Å². The van der Waals surface area contributed by atoms with Gasteiger partial charge in [0.25, 0.3) is 0 Å². The molecule has 5 nitrogen and oxygen atoms in total. The third kappa shape index (κ3) is 9.96. The first-order chi connectivity index (χ1) is 4.04. The fourth-order valence-electron chi connectivity index (χ4n) is 0.275. The molecule has 0 bridgehead atoms. The molecule has 0 aliphatic heterocycles. The van der Waals surface area contributed by atoms with Gasteiger partial charge in [-0.3, -0.25) is 9.59 Å². The third-order valence-corrected chi connectivity index (χ3v) is 0.712. The van der Waals surface area contributed by atoms with Crippen molar-refractivity contribution in [3.8, 4) is 0 Å². The van der Waals surface area contributed by atoms with E-state index in [9.17, 15) is 9.59 Å². The molecule has 0 aromatic rings. The summed E-state index contributed by atoms with van der Waals surface area (Å²) < 4.78 is 0. The van der Waals surface area contributed by atoms with Crippen molar-refractivity contribution in [2.24, 2.45) is 5.73 Å². The van der Waals surface area contributed by atoms with Crippen molar-refractivity contribution in [1.82, 2.24) is 0 Å². The Kier molecular flexibility index (Phi) is 12.6. The molecule has 11 heavy (non-hydrogen) atoms. The number of aliphatic carboxylic acids is 2. The van der Waals surface area contributed by atoms with E-state index in [0.29, 0.717) is 0 Å². The van der Waals surface area contributed by atoms with E-state index in [4.69, 9.17) is 15.9 Å². The fourth-order valence-corrected chi connectivity index (χ4v) is 0.275. The van der Waals surface area contributed by atoms with Crippen molar-refractivity contribution in [3.63, 3.8) is 0 Å². The van der Waals surface area contributed by atoms with Crippen LogP contribution in [0.5, 0.6) is 0 Å². The van der Waals surface area contributed by atoms with Gasteiger partial charge in [0.2, 0.25) is 0 Å². The maximum absolute atomic E-state index is 9.85. The zero-order valence-electron chi connectivity index (χ0n) is 7.69. The molecular weight excluding hydrogens is 186 g/mol. The number of rotatable bonds is 3. The minimum absolute atomic E-state index is 0. The van der Waals surface area contributed by atoms with Crippen molar-refractivity contribution in [1.29, 1.82) is 0 Å². The predicted octanol–water partition coefficient (Wildman–Crippen LogP) is -0.861. The van der Waals surface area contributed by atoms with Crippen LogP contribution in [0.15, 0.2) is 0 Å². The van der Waals surface area contributed by atoms with E-state index in [0.717, 1.165) is 0 Å². The molecule has 64 valence electrons. The maximum Gasteiger partial charge on any atom is 2.00 e. The van der Waals surface area contributed by atoms with Crippen LogP contribution in [0.4, 0.5) is 0 Å². The van der Waals surface area contributed by atoms with Gasteiger partial charge in [-0.1, -0.05) is 0 Å².